The minimum Gasteiger partial charge on any atom is -0.336 e. The van der Waals surface area contributed by atoms with Gasteiger partial charge in [0.05, 0.1) is 10.7 Å². The van der Waals surface area contributed by atoms with Gasteiger partial charge in [0.15, 0.2) is 23.3 Å². The molecule has 2 rings (SSSR count). The molecule has 0 aliphatic rings. The molecule has 106 valence electrons. The minimum absolute atomic E-state index is 0.00431. The van der Waals surface area contributed by atoms with E-state index in [4.69, 9.17) is 17.4 Å². The van der Waals surface area contributed by atoms with Crippen LogP contribution in [0.1, 0.15) is 0 Å². The van der Waals surface area contributed by atoms with Crippen LogP contribution in [0.5, 0.6) is 0 Å². The lowest BCUT2D eigenvalue weighted by Gasteiger charge is -2.12. The predicted octanol–water partition coefficient (Wildman–Crippen LogP) is 3.94. The lowest BCUT2D eigenvalue weighted by molar-refractivity contribution is 0.579. The average molecular weight is 368 g/mol. The molecule has 0 aliphatic carbocycles. The summed E-state index contributed by atoms with van der Waals surface area (Å²) in [6, 6.07) is 2.78. The van der Waals surface area contributed by atoms with Gasteiger partial charge < -0.3 is 10.7 Å². The van der Waals surface area contributed by atoms with Gasteiger partial charge in [0, 0.05) is 10.5 Å². The molecule has 4 nitrogen and oxygen atoms in total. The van der Waals surface area contributed by atoms with E-state index in [1.54, 1.807) is 0 Å². The first-order valence-corrected chi connectivity index (χ1v) is 6.33. The van der Waals surface area contributed by atoms with Crippen molar-refractivity contribution >= 4 is 44.9 Å². The van der Waals surface area contributed by atoms with Crippen molar-refractivity contribution < 1.29 is 13.2 Å². The summed E-state index contributed by atoms with van der Waals surface area (Å²) >= 11 is 8.92. The summed E-state index contributed by atoms with van der Waals surface area (Å²) in [4.78, 5) is 3.62. The molecular weight excluding hydrogens is 360 g/mol. The number of nitrogens with zero attached hydrogens (tertiary/aromatic N) is 1. The van der Waals surface area contributed by atoms with Crippen LogP contribution in [-0.2, 0) is 0 Å². The van der Waals surface area contributed by atoms with Crippen LogP contribution in [0.4, 0.5) is 30.5 Å². The van der Waals surface area contributed by atoms with Crippen LogP contribution in [-0.4, -0.2) is 4.98 Å². The Kier molecular flexibility index (Phi) is 4.36. The highest BCUT2D eigenvalue weighted by Crippen LogP contribution is 2.34. The molecule has 1 aromatic carbocycles. The van der Waals surface area contributed by atoms with Crippen LogP contribution >= 0.6 is 27.5 Å². The van der Waals surface area contributed by atoms with Gasteiger partial charge >= 0.3 is 0 Å². The summed E-state index contributed by atoms with van der Waals surface area (Å²) in [5.41, 5.74) is 2.18. The fraction of sp³-hybridized carbons (Fsp3) is 0. The maximum Gasteiger partial charge on any atom is 0.178 e. The van der Waals surface area contributed by atoms with E-state index < -0.39 is 17.5 Å². The molecule has 0 radical (unpaired) electrons. The SMILES string of the molecule is NNc1nc(Nc2c(Cl)cc(F)cc2Br)c(F)cc1F. The Bertz CT molecular complexity index is 645. The van der Waals surface area contributed by atoms with Crippen molar-refractivity contribution in [3.63, 3.8) is 0 Å². The molecule has 0 fully saturated rings. The number of hydrazine groups is 1. The third-order valence-corrected chi connectivity index (χ3v) is 3.24. The highest BCUT2D eigenvalue weighted by molar-refractivity contribution is 9.10. The van der Waals surface area contributed by atoms with Crippen molar-refractivity contribution in [2.24, 2.45) is 5.84 Å². The van der Waals surface area contributed by atoms with E-state index in [9.17, 15) is 13.2 Å². The number of hydrogen-bond acceptors (Lipinski definition) is 4. The fourth-order valence-corrected chi connectivity index (χ4v) is 2.33. The molecule has 1 aromatic heterocycles. The number of nitrogen functional groups attached to an aromatic ring is 1. The van der Waals surface area contributed by atoms with Crippen molar-refractivity contribution in [2.75, 3.05) is 10.7 Å². The van der Waals surface area contributed by atoms with Crippen molar-refractivity contribution in [1.29, 1.82) is 0 Å². The van der Waals surface area contributed by atoms with Crippen molar-refractivity contribution in [3.05, 3.63) is 45.1 Å². The van der Waals surface area contributed by atoms with Crippen LogP contribution in [0.15, 0.2) is 22.7 Å². The molecular formula is C11H7BrClF3N4. The average Bonchev–Trinajstić information content (AvgIpc) is 2.35. The largest absolute Gasteiger partial charge is 0.336 e. The van der Waals surface area contributed by atoms with Gasteiger partial charge in [-0.15, -0.1) is 0 Å². The number of pyridine rings is 1. The number of nitrogens with one attached hydrogen (secondary N) is 2. The van der Waals surface area contributed by atoms with Gasteiger partial charge in [-0.2, -0.15) is 0 Å². The monoisotopic (exact) mass is 366 g/mol. The molecule has 4 N–H and O–H groups in total. The van der Waals surface area contributed by atoms with Gasteiger partial charge in [-0.1, -0.05) is 11.6 Å². The normalized spacial score (nSPS) is 10.5. The molecule has 0 saturated heterocycles. The predicted molar refractivity (Wildman–Crippen MR) is 74.4 cm³/mol. The Hall–Kier alpha value is -1.51. The number of benzene rings is 1. The molecule has 0 spiro atoms. The minimum atomic E-state index is -0.950. The molecule has 1 heterocycles. The highest BCUT2D eigenvalue weighted by Gasteiger charge is 2.15. The Balaban J connectivity index is 2.45. The topological polar surface area (TPSA) is 63.0 Å². The van der Waals surface area contributed by atoms with Crippen molar-refractivity contribution in [3.8, 4) is 0 Å². The molecule has 0 amide bonds. The summed E-state index contributed by atoms with van der Waals surface area (Å²) in [6.07, 6.45) is 0. The van der Waals surface area contributed by atoms with E-state index in [1.807, 2.05) is 5.43 Å². The number of nitrogens with two attached hydrogens (primary N) is 1. The highest BCUT2D eigenvalue weighted by atomic mass is 79.9. The zero-order valence-electron chi connectivity index (χ0n) is 9.65. The molecule has 0 saturated carbocycles. The molecule has 0 atom stereocenters. The maximum absolute atomic E-state index is 13.6. The first kappa shape index (κ1) is 14.9. The molecule has 0 bridgehead atoms. The second-order valence-corrected chi connectivity index (χ2v) is 4.92. The van der Waals surface area contributed by atoms with Crippen LogP contribution in [0.25, 0.3) is 0 Å². The zero-order chi connectivity index (χ0) is 14.9. The van der Waals surface area contributed by atoms with E-state index in [1.165, 1.54) is 0 Å². The van der Waals surface area contributed by atoms with Crippen LogP contribution < -0.4 is 16.6 Å². The first-order chi connectivity index (χ1) is 9.42. The maximum atomic E-state index is 13.6. The third-order valence-electron chi connectivity index (χ3n) is 2.32. The van der Waals surface area contributed by atoms with Gasteiger partial charge in [0.2, 0.25) is 0 Å². The van der Waals surface area contributed by atoms with E-state index in [2.05, 4.69) is 26.2 Å². The summed E-state index contributed by atoms with van der Waals surface area (Å²) in [6.45, 7) is 0. The molecule has 0 unspecified atom stereocenters. The fourth-order valence-electron chi connectivity index (χ4n) is 1.44. The van der Waals surface area contributed by atoms with Crippen molar-refractivity contribution in [1.82, 2.24) is 4.98 Å². The standard InChI is InChI=1S/C11H7BrClF3N4/c12-5-1-4(14)2-6(13)9(5)18-10-7(15)3-8(16)11(19-10)20-17/h1-3H,17H2,(H2,18,19,20). The van der Waals surface area contributed by atoms with Crippen molar-refractivity contribution in [2.45, 2.75) is 0 Å². The number of rotatable bonds is 3. The zero-order valence-corrected chi connectivity index (χ0v) is 12.0. The Morgan fingerprint density at radius 1 is 1.10 bits per heavy atom. The summed E-state index contributed by atoms with van der Waals surface area (Å²) < 4.78 is 40.2. The second-order valence-electron chi connectivity index (χ2n) is 3.66. The van der Waals surface area contributed by atoms with Crippen LogP contribution in [0.3, 0.4) is 0 Å². The lowest BCUT2D eigenvalue weighted by Crippen LogP contribution is -2.12. The summed E-state index contributed by atoms with van der Waals surface area (Å²) in [5.74, 6) is 1.94. The molecule has 20 heavy (non-hydrogen) atoms. The third kappa shape index (κ3) is 2.97. The Morgan fingerprint density at radius 2 is 1.75 bits per heavy atom. The quantitative estimate of drug-likeness (QED) is 0.568. The number of hydrogen-bond donors (Lipinski definition) is 3. The number of aromatic nitrogens is 1. The summed E-state index contributed by atoms with van der Waals surface area (Å²) in [7, 11) is 0. The van der Waals surface area contributed by atoms with Crippen LogP contribution in [0, 0.1) is 17.5 Å². The van der Waals surface area contributed by atoms with Gasteiger partial charge in [-0.3, -0.25) is 0 Å². The van der Waals surface area contributed by atoms with E-state index in [0.717, 1.165) is 12.1 Å². The molecule has 9 heteroatoms. The summed E-state index contributed by atoms with van der Waals surface area (Å²) in [5, 5.41) is 2.55. The first-order valence-electron chi connectivity index (χ1n) is 5.16. The molecule has 0 aliphatic heterocycles. The number of anilines is 3. The van der Waals surface area contributed by atoms with E-state index in [-0.39, 0.29) is 26.8 Å². The Labute approximate surface area is 125 Å². The second kappa shape index (κ2) is 5.86. The number of halogens is 5. The van der Waals surface area contributed by atoms with E-state index in [0.29, 0.717) is 6.07 Å². The van der Waals surface area contributed by atoms with Gasteiger partial charge in [-0.25, -0.2) is 24.0 Å². The Morgan fingerprint density at radius 3 is 2.35 bits per heavy atom. The van der Waals surface area contributed by atoms with Gasteiger partial charge in [-0.05, 0) is 28.1 Å². The smallest absolute Gasteiger partial charge is 0.178 e. The van der Waals surface area contributed by atoms with Gasteiger partial charge in [0.1, 0.15) is 5.82 Å². The molecule has 2 aromatic rings. The van der Waals surface area contributed by atoms with Gasteiger partial charge in [0.25, 0.3) is 0 Å². The lowest BCUT2D eigenvalue weighted by atomic mass is 10.3. The van der Waals surface area contributed by atoms with E-state index >= 15 is 0 Å². The van der Waals surface area contributed by atoms with Crippen LogP contribution in [0.2, 0.25) is 5.02 Å².